The summed E-state index contributed by atoms with van der Waals surface area (Å²) in [5, 5.41) is 13.0. The zero-order valence-electron chi connectivity index (χ0n) is 12.0. The Labute approximate surface area is 125 Å². The monoisotopic (exact) mass is 315 g/mol. The summed E-state index contributed by atoms with van der Waals surface area (Å²) in [5.74, 6) is -1.27. The van der Waals surface area contributed by atoms with Crippen molar-refractivity contribution in [2.75, 3.05) is 20.1 Å². The predicted octanol–water partition coefficient (Wildman–Crippen LogP) is 1.36. The van der Waals surface area contributed by atoms with Crippen molar-refractivity contribution in [3.63, 3.8) is 0 Å². The third-order valence-corrected chi connectivity index (χ3v) is 2.89. The second-order valence-corrected chi connectivity index (χ2v) is 4.61. The Balaban J connectivity index is 2.64. The first-order valence-electron chi connectivity index (χ1n) is 6.27. The smallest absolute Gasteiger partial charge is 0.272 e. The van der Waals surface area contributed by atoms with Crippen LogP contribution in [0.1, 0.15) is 15.9 Å². The molecule has 1 aromatic carbocycles. The largest absolute Gasteiger partial charge is 0.343 e. The third kappa shape index (κ3) is 4.76. The number of nitrogens with zero attached hydrogens (tertiary/aromatic N) is 2. The lowest BCUT2D eigenvalue weighted by atomic mass is 10.1. The van der Waals surface area contributed by atoms with Gasteiger partial charge in [-0.3, -0.25) is 19.7 Å². The van der Waals surface area contributed by atoms with Crippen LogP contribution < -0.4 is 5.32 Å². The van der Waals surface area contributed by atoms with Gasteiger partial charge in [-0.2, -0.15) is 0 Å². The van der Waals surface area contributed by atoms with E-state index in [-0.39, 0.29) is 11.3 Å². The molecule has 0 unspecified atom stereocenters. The highest BCUT2D eigenvalue weighted by Crippen LogP contribution is 2.18. The Morgan fingerprint density at radius 3 is 2.55 bits per heavy atom. The number of hydrogen-bond acceptors (Lipinski definition) is 4. The summed E-state index contributed by atoms with van der Waals surface area (Å²) in [5.41, 5.74) is 0.329. The summed E-state index contributed by atoms with van der Waals surface area (Å²) >= 11 is 0. The Kier molecular flexibility index (Phi) is 5.90. The maximum absolute atomic E-state index is 12.1. The minimum Gasteiger partial charge on any atom is -0.343 e. The predicted molar refractivity (Wildman–Crippen MR) is 73.8 cm³/mol. The van der Waals surface area contributed by atoms with Gasteiger partial charge in [0.15, 0.2) is 0 Å². The van der Waals surface area contributed by atoms with Crippen LogP contribution in [0, 0.1) is 17.0 Å². The first-order valence-corrected chi connectivity index (χ1v) is 6.27. The third-order valence-electron chi connectivity index (χ3n) is 2.89. The molecule has 22 heavy (non-hydrogen) atoms. The number of benzene rings is 1. The number of rotatable bonds is 6. The van der Waals surface area contributed by atoms with Crippen LogP contribution in [0.2, 0.25) is 0 Å². The quantitative estimate of drug-likeness (QED) is 0.633. The highest BCUT2D eigenvalue weighted by Gasteiger charge is 2.17. The van der Waals surface area contributed by atoms with Crippen molar-refractivity contribution >= 4 is 17.5 Å². The SMILES string of the molecule is Cc1cc(C(=O)NCC(=O)N(C)CC(F)F)ccc1[N+](=O)[O-]. The summed E-state index contributed by atoms with van der Waals surface area (Å²) in [4.78, 5) is 34.3. The molecule has 0 aliphatic carbocycles. The van der Waals surface area contributed by atoms with Gasteiger partial charge in [0, 0.05) is 24.2 Å². The van der Waals surface area contributed by atoms with Crippen molar-refractivity contribution in [1.29, 1.82) is 0 Å². The van der Waals surface area contributed by atoms with E-state index in [0.717, 1.165) is 4.90 Å². The van der Waals surface area contributed by atoms with Gasteiger partial charge in [0.2, 0.25) is 5.91 Å². The fraction of sp³-hybridized carbons (Fsp3) is 0.385. The average molecular weight is 315 g/mol. The van der Waals surface area contributed by atoms with Crippen molar-refractivity contribution in [3.05, 3.63) is 39.4 Å². The van der Waals surface area contributed by atoms with Crippen LogP contribution in [0.4, 0.5) is 14.5 Å². The van der Waals surface area contributed by atoms with Crippen LogP contribution >= 0.6 is 0 Å². The second kappa shape index (κ2) is 7.43. The summed E-state index contributed by atoms with van der Waals surface area (Å²) in [6, 6.07) is 3.77. The van der Waals surface area contributed by atoms with E-state index >= 15 is 0 Å². The maximum Gasteiger partial charge on any atom is 0.272 e. The highest BCUT2D eigenvalue weighted by molar-refractivity contribution is 5.96. The molecule has 0 atom stereocenters. The van der Waals surface area contributed by atoms with Gasteiger partial charge >= 0.3 is 0 Å². The molecule has 0 saturated heterocycles. The van der Waals surface area contributed by atoms with Gasteiger partial charge in [-0.25, -0.2) is 8.78 Å². The normalized spacial score (nSPS) is 10.4. The molecule has 7 nitrogen and oxygen atoms in total. The van der Waals surface area contributed by atoms with Crippen LogP contribution in [-0.2, 0) is 4.79 Å². The van der Waals surface area contributed by atoms with Gasteiger partial charge in [-0.15, -0.1) is 0 Å². The molecule has 0 aliphatic heterocycles. The average Bonchev–Trinajstić information content (AvgIpc) is 2.42. The van der Waals surface area contributed by atoms with Crippen LogP contribution in [0.15, 0.2) is 18.2 Å². The number of aryl methyl sites for hydroxylation is 1. The maximum atomic E-state index is 12.1. The molecule has 1 N–H and O–H groups in total. The summed E-state index contributed by atoms with van der Waals surface area (Å²) in [7, 11) is 1.21. The summed E-state index contributed by atoms with van der Waals surface area (Å²) < 4.78 is 24.2. The van der Waals surface area contributed by atoms with Gasteiger partial charge in [0.25, 0.3) is 18.0 Å². The molecule has 1 aromatic rings. The minimum absolute atomic E-state index is 0.121. The number of likely N-dealkylation sites (N-methyl/N-ethyl adjacent to an activating group) is 1. The van der Waals surface area contributed by atoms with Crippen LogP contribution in [-0.4, -0.2) is 48.2 Å². The van der Waals surface area contributed by atoms with Gasteiger partial charge in [0.1, 0.15) is 0 Å². The van der Waals surface area contributed by atoms with E-state index in [0.29, 0.717) is 5.56 Å². The van der Waals surface area contributed by atoms with E-state index in [4.69, 9.17) is 0 Å². The van der Waals surface area contributed by atoms with Crippen LogP contribution in [0.3, 0.4) is 0 Å². The van der Waals surface area contributed by atoms with E-state index in [1.165, 1.54) is 32.2 Å². The van der Waals surface area contributed by atoms with Gasteiger partial charge in [-0.1, -0.05) is 0 Å². The lowest BCUT2D eigenvalue weighted by Gasteiger charge is -2.16. The standard InChI is InChI=1S/C13H15F2N3O4/c1-8-5-9(3-4-10(8)18(21)22)13(20)16-6-12(19)17(2)7-11(14)15/h3-5,11H,6-7H2,1-2H3,(H,16,20). The van der Waals surface area contributed by atoms with E-state index in [1.807, 2.05) is 0 Å². The lowest BCUT2D eigenvalue weighted by molar-refractivity contribution is -0.385. The van der Waals surface area contributed by atoms with E-state index < -0.39 is 36.3 Å². The van der Waals surface area contributed by atoms with E-state index in [9.17, 15) is 28.5 Å². The van der Waals surface area contributed by atoms with Crippen LogP contribution in [0.5, 0.6) is 0 Å². The summed E-state index contributed by atoms with van der Waals surface area (Å²) in [6.45, 7) is 0.333. The Morgan fingerprint density at radius 1 is 1.41 bits per heavy atom. The van der Waals surface area contributed by atoms with E-state index in [1.54, 1.807) is 0 Å². The van der Waals surface area contributed by atoms with Crippen LogP contribution in [0.25, 0.3) is 0 Å². The fourth-order valence-corrected chi connectivity index (χ4v) is 1.70. The molecule has 0 radical (unpaired) electrons. The van der Waals surface area contributed by atoms with Crippen molar-refractivity contribution in [2.45, 2.75) is 13.3 Å². The minimum atomic E-state index is -2.65. The number of halogens is 2. The second-order valence-electron chi connectivity index (χ2n) is 4.61. The number of carbonyl (C=O) groups excluding carboxylic acids is 2. The Bertz CT molecular complexity index is 593. The van der Waals surface area contributed by atoms with Crippen molar-refractivity contribution in [1.82, 2.24) is 10.2 Å². The Hall–Kier alpha value is -2.58. The molecule has 0 fully saturated rings. The first kappa shape index (κ1) is 17.5. The molecule has 120 valence electrons. The van der Waals surface area contributed by atoms with Crippen molar-refractivity contribution in [2.24, 2.45) is 0 Å². The zero-order chi connectivity index (χ0) is 16.9. The molecule has 0 aromatic heterocycles. The number of nitro groups is 1. The molecule has 0 bridgehead atoms. The van der Waals surface area contributed by atoms with Crippen molar-refractivity contribution in [3.8, 4) is 0 Å². The molecular formula is C13H15F2N3O4. The van der Waals surface area contributed by atoms with Gasteiger partial charge in [0.05, 0.1) is 18.0 Å². The molecule has 0 saturated carbocycles. The van der Waals surface area contributed by atoms with Gasteiger partial charge < -0.3 is 10.2 Å². The topological polar surface area (TPSA) is 92.6 Å². The molecule has 2 amide bonds. The first-order chi connectivity index (χ1) is 10.2. The summed E-state index contributed by atoms with van der Waals surface area (Å²) in [6.07, 6.45) is -2.65. The van der Waals surface area contributed by atoms with E-state index in [2.05, 4.69) is 5.32 Å². The lowest BCUT2D eigenvalue weighted by Crippen LogP contribution is -2.40. The number of alkyl halides is 2. The molecule has 0 spiro atoms. The molecule has 1 rings (SSSR count). The molecule has 0 heterocycles. The number of amides is 2. The highest BCUT2D eigenvalue weighted by atomic mass is 19.3. The van der Waals surface area contributed by atoms with Crippen molar-refractivity contribution < 1.29 is 23.3 Å². The van der Waals surface area contributed by atoms with Gasteiger partial charge in [-0.05, 0) is 19.1 Å². The molecule has 0 aliphatic rings. The number of hydrogen-bond donors (Lipinski definition) is 1. The number of nitro benzene ring substituents is 1. The Morgan fingerprint density at radius 2 is 2.05 bits per heavy atom. The number of nitrogens with one attached hydrogen (secondary N) is 1. The zero-order valence-corrected chi connectivity index (χ0v) is 12.0. The molecular weight excluding hydrogens is 300 g/mol. The fourth-order valence-electron chi connectivity index (χ4n) is 1.70. The number of carbonyl (C=O) groups is 2. The molecule has 9 heteroatoms.